The number of nitrogens with one attached hydrogen (secondary N) is 1. The van der Waals surface area contributed by atoms with E-state index in [1.807, 2.05) is 24.3 Å². The van der Waals surface area contributed by atoms with Gasteiger partial charge in [0.15, 0.2) is 6.10 Å². The van der Waals surface area contributed by atoms with Crippen LogP contribution in [0.15, 0.2) is 47.8 Å². The van der Waals surface area contributed by atoms with E-state index in [2.05, 4.69) is 15.5 Å². The van der Waals surface area contributed by atoms with Crippen LogP contribution in [0.5, 0.6) is 5.75 Å². The summed E-state index contributed by atoms with van der Waals surface area (Å²) in [5.41, 5.74) is 1.72. The third-order valence-corrected chi connectivity index (χ3v) is 3.98. The SMILES string of the molecule is CC(C)(C)OC(=O)NCC1=NOC(COc2ccccc2-c2ccc(F)nc2)C1. The molecule has 1 N–H and O–H groups in total. The van der Waals surface area contributed by atoms with Crippen molar-refractivity contribution < 1.29 is 23.5 Å². The number of carbonyl (C=O) groups is 1. The number of hydrogen-bond acceptors (Lipinski definition) is 6. The molecule has 0 bridgehead atoms. The topological polar surface area (TPSA) is 82.0 Å². The summed E-state index contributed by atoms with van der Waals surface area (Å²) in [6.45, 7) is 5.94. The number of oxime groups is 1. The number of hydrogen-bond donors (Lipinski definition) is 1. The summed E-state index contributed by atoms with van der Waals surface area (Å²) in [6.07, 6.45) is 1.25. The van der Waals surface area contributed by atoms with Crippen molar-refractivity contribution in [1.29, 1.82) is 0 Å². The van der Waals surface area contributed by atoms with Crippen LogP contribution in [0.1, 0.15) is 27.2 Å². The highest BCUT2D eigenvalue weighted by Crippen LogP contribution is 2.29. The van der Waals surface area contributed by atoms with Crippen LogP contribution in [0, 0.1) is 5.95 Å². The van der Waals surface area contributed by atoms with E-state index in [0.29, 0.717) is 17.9 Å². The van der Waals surface area contributed by atoms with Crippen LogP contribution in [0.4, 0.5) is 9.18 Å². The van der Waals surface area contributed by atoms with Crippen LogP contribution in [0.3, 0.4) is 0 Å². The summed E-state index contributed by atoms with van der Waals surface area (Å²) in [5.74, 6) is 0.112. The highest BCUT2D eigenvalue weighted by Gasteiger charge is 2.23. The highest BCUT2D eigenvalue weighted by molar-refractivity contribution is 5.89. The molecule has 1 atom stereocenters. The third kappa shape index (κ3) is 6.17. The lowest BCUT2D eigenvalue weighted by Gasteiger charge is -2.19. The first kappa shape index (κ1) is 20.6. The Hall–Kier alpha value is -3.16. The fraction of sp³-hybridized carbons (Fsp3) is 0.381. The van der Waals surface area contributed by atoms with Gasteiger partial charge in [-0.25, -0.2) is 9.78 Å². The summed E-state index contributed by atoms with van der Waals surface area (Å²) in [5, 5.41) is 6.66. The Kier molecular flexibility index (Phi) is 6.31. The van der Waals surface area contributed by atoms with Crippen LogP contribution < -0.4 is 10.1 Å². The monoisotopic (exact) mass is 401 g/mol. The number of carbonyl (C=O) groups excluding carboxylic acids is 1. The lowest BCUT2D eigenvalue weighted by molar-refractivity contribution is 0.0472. The Labute approximate surface area is 168 Å². The Bertz CT molecular complexity index is 878. The second-order valence-corrected chi connectivity index (χ2v) is 7.62. The average molecular weight is 401 g/mol. The minimum atomic E-state index is -0.554. The molecule has 0 saturated carbocycles. The van der Waals surface area contributed by atoms with Gasteiger partial charge in [0.2, 0.25) is 5.95 Å². The maximum atomic E-state index is 13.1. The van der Waals surface area contributed by atoms with Crippen molar-refractivity contribution in [1.82, 2.24) is 10.3 Å². The summed E-state index contributed by atoms with van der Waals surface area (Å²) >= 11 is 0. The molecule has 1 aliphatic heterocycles. The first-order valence-corrected chi connectivity index (χ1v) is 9.32. The van der Waals surface area contributed by atoms with Gasteiger partial charge in [0.05, 0.1) is 12.3 Å². The van der Waals surface area contributed by atoms with Crippen molar-refractivity contribution in [3.63, 3.8) is 0 Å². The number of amides is 1. The fourth-order valence-corrected chi connectivity index (χ4v) is 2.72. The van der Waals surface area contributed by atoms with E-state index in [9.17, 15) is 9.18 Å². The second kappa shape index (κ2) is 8.89. The zero-order valence-electron chi connectivity index (χ0n) is 16.6. The zero-order chi connectivity index (χ0) is 20.9. The van der Waals surface area contributed by atoms with Gasteiger partial charge in [-0.05, 0) is 39.0 Å². The van der Waals surface area contributed by atoms with Crippen LogP contribution in [0.2, 0.25) is 0 Å². The van der Waals surface area contributed by atoms with E-state index in [4.69, 9.17) is 14.3 Å². The van der Waals surface area contributed by atoms with Crippen LogP contribution in [-0.4, -0.2) is 41.6 Å². The number of benzene rings is 1. The Balaban J connectivity index is 1.50. The fourth-order valence-electron chi connectivity index (χ4n) is 2.72. The first-order chi connectivity index (χ1) is 13.8. The van der Waals surface area contributed by atoms with Crippen molar-refractivity contribution in [3.8, 4) is 16.9 Å². The third-order valence-electron chi connectivity index (χ3n) is 3.98. The average Bonchev–Trinajstić information content (AvgIpc) is 3.12. The molecule has 0 spiro atoms. The van der Waals surface area contributed by atoms with E-state index in [-0.39, 0.29) is 19.3 Å². The van der Waals surface area contributed by atoms with E-state index in [0.717, 1.165) is 11.1 Å². The highest BCUT2D eigenvalue weighted by atomic mass is 19.1. The number of alkyl carbamates (subject to hydrolysis) is 1. The van der Waals surface area contributed by atoms with Crippen molar-refractivity contribution >= 4 is 11.8 Å². The number of para-hydroxylation sites is 1. The van der Waals surface area contributed by atoms with Crippen molar-refractivity contribution in [2.24, 2.45) is 5.16 Å². The molecule has 2 aromatic rings. The number of pyridine rings is 1. The van der Waals surface area contributed by atoms with Crippen LogP contribution >= 0.6 is 0 Å². The number of halogens is 1. The number of rotatable bonds is 6. The van der Waals surface area contributed by atoms with Gasteiger partial charge in [-0.2, -0.15) is 4.39 Å². The predicted molar refractivity (Wildman–Crippen MR) is 106 cm³/mol. The molecule has 1 aromatic heterocycles. The number of nitrogens with zero attached hydrogens (tertiary/aromatic N) is 2. The Morgan fingerprint density at radius 3 is 2.79 bits per heavy atom. The molecule has 0 saturated heterocycles. The largest absolute Gasteiger partial charge is 0.489 e. The molecule has 0 aliphatic carbocycles. The van der Waals surface area contributed by atoms with E-state index in [1.54, 1.807) is 26.8 Å². The molecule has 1 aromatic carbocycles. The quantitative estimate of drug-likeness (QED) is 0.742. The summed E-state index contributed by atoms with van der Waals surface area (Å²) in [4.78, 5) is 20.8. The standard InChI is InChI=1S/C21H24FN3O4/c1-21(2,3)28-20(26)24-12-15-10-16(29-25-15)13-27-18-7-5-4-6-17(18)14-8-9-19(22)23-11-14/h4-9,11,16H,10,12-13H2,1-3H3,(H,24,26). The molecule has 1 amide bonds. The van der Waals surface area contributed by atoms with E-state index >= 15 is 0 Å². The molecule has 154 valence electrons. The molecule has 0 radical (unpaired) electrons. The molecule has 7 nitrogen and oxygen atoms in total. The molecular weight excluding hydrogens is 377 g/mol. The Morgan fingerprint density at radius 1 is 1.28 bits per heavy atom. The molecule has 1 aliphatic rings. The van der Waals surface area contributed by atoms with Gasteiger partial charge in [0, 0.05) is 23.7 Å². The van der Waals surface area contributed by atoms with Crippen LogP contribution in [-0.2, 0) is 9.57 Å². The lowest BCUT2D eigenvalue weighted by atomic mass is 10.1. The maximum absolute atomic E-state index is 13.1. The van der Waals surface area contributed by atoms with Crippen molar-refractivity contribution in [3.05, 3.63) is 48.5 Å². The van der Waals surface area contributed by atoms with E-state index in [1.165, 1.54) is 12.3 Å². The maximum Gasteiger partial charge on any atom is 0.407 e. The predicted octanol–water partition coefficient (Wildman–Crippen LogP) is 3.94. The van der Waals surface area contributed by atoms with Crippen molar-refractivity contribution in [2.45, 2.75) is 38.9 Å². The molecule has 1 unspecified atom stereocenters. The lowest BCUT2D eigenvalue weighted by Crippen LogP contribution is -2.35. The van der Waals surface area contributed by atoms with Gasteiger partial charge in [-0.15, -0.1) is 0 Å². The molecule has 8 heteroatoms. The van der Waals surface area contributed by atoms with E-state index < -0.39 is 17.6 Å². The van der Waals surface area contributed by atoms with Gasteiger partial charge >= 0.3 is 6.09 Å². The summed E-state index contributed by atoms with van der Waals surface area (Å²) < 4.78 is 24.2. The van der Waals surface area contributed by atoms with Gasteiger partial charge in [0.25, 0.3) is 0 Å². The van der Waals surface area contributed by atoms with Crippen LogP contribution in [0.25, 0.3) is 11.1 Å². The summed E-state index contributed by atoms with van der Waals surface area (Å²) in [7, 11) is 0. The number of ether oxygens (including phenoxy) is 2. The zero-order valence-corrected chi connectivity index (χ0v) is 16.6. The van der Waals surface area contributed by atoms with Gasteiger partial charge in [-0.3, -0.25) is 0 Å². The normalized spacial score (nSPS) is 16.0. The van der Waals surface area contributed by atoms with Crippen molar-refractivity contribution in [2.75, 3.05) is 13.2 Å². The van der Waals surface area contributed by atoms with Gasteiger partial charge in [-0.1, -0.05) is 23.4 Å². The first-order valence-electron chi connectivity index (χ1n) is 9.32. The molecule has 3 rings (SSSR count). The molecule has 29 heavy (non-hydrogen) atoms. The van der Waals surface area contributed by atoms with Gasteiger partial charge in [0.1, 0.15) is 18.0 Å². The molecule has 0 fully saturated rings. The molecular formula is C21H24FN3O4. The minimum Gasteiger partial charge on any atom is -0.489 e. The smallest absolute Gasteiger partial charge is 0.407 e. The van der Waals surface area contributed by atoms with Gasteiger partial charge < -0.3 is 19.6 Å². The molecule has 2 heterocycles. The minimum absolute atomic E-state index is 0.253. The second-order valence-electron chi connectivity index (χ2n) is 7.62. The summed E-state index contributed by atoms with van der Waals surface area (Å²) in [6, 6.07) is 10.4. The number of aromatic nitrogens is 1. The Morgan fingerprint density at radius 2 is 2.07 bits per heavy atom.